The van der Waals surface area contributed by atoms with Gasteiger partial charge in [0.2, 0.25) is 11.9 Å². The van der Waals surface area contributed by atoms with Gasteiger partial charge in [0.05, 0.1) is 0 Å². The molecule has 1 saturated heterocycles. The van der Waals surface area contributed by atoms with Crippen molar-refractivity contribution in [1.82, 2.24) is 19.9 Å². The summed E-state index contributed by atoms with van der Waals surface area (Å²) in [5, 5.41) is 0. The molecule has 3 rings (SSSR count). The number of carbonyl (C=O) groups is 1. The highest BCUT2D eigenvalue weighted by molar-refractivity contribution is 5.76. The van der Waals surface area contributed by atoms with Crippen molar-refractivity contribution in [2.24, 2.45) is 0 Å². The minimum absolute atomic E-state index is 0.213. The van der Waals surface area contributed by atoms with Gasteiger partial charge in [-0.2, -0.15) is 0 Å². The van der Waals surface area contributed by atoms with E-state index in [-0.39, 0.29) is 5.91 Å². The molecule has 1 aliphatic rings. The largest absolute Gasteiger partial charge is 0.357 e. The summed E-state index contributed by atoms with van der Waals surface area (Å²) in [7, 11) is 0. The number of amides is 1. The molecule has 0 radical (unpaired) electrons. The van der Waals surface area contributed by atoms with Gasteiger partial charge in [0, 0.05) is 64.3 Å². The fourth-order valence-electron chi connectivity index (χ4n) is 3.36. The van der Waals surface area contributed by atoms with Crippen LogP contribution in [-0.2, 0) is 11.2 Å². The van der Waals surface area contributed by atoms with Crippen molar-refractivity contribution in [1.29, 1.82) is 0 Å². The minimum atomic E-state index is 0.213. The van der Waals surface area contributed by atoms with Gasteiger partial charge in [0.15, 0.2) is 0 Å². The third kappa shape index (κ3) is 4.93. The Hall–Kier alpha value is -2.70. The first-order chi connectivity index (χ1) is 13.2. The number of anilines is 2. The van der Waals surface area contributed by atoms with Crippen LogP contribution in [0, 0.1) is 0 Å². The van der Waals surface area contributed by atoms with E-state index in [9.17, 15) is 4.79 Å². The van der Waals surface area contributed by atoms with Crippen LogP contribution in [0.1, 0.15) is 25.8 Å². The second kappa shape index (κ2) is 9.30. The van der Waals surface area contributed by atoms with Crippen LogP contribution in [0.25, 0.3) is 0 Å². The number of aryl methyl sites for hydroxylation is 1. The van der Waals surface area contributed by atoms with E-state index in [2.05, 4.69) is 44.7 Å². The Bertz CT molecular complexity index is 726. The number of pyridine rings is 1. The van der Waals surface area contributed by atoms with Gasteiger partial charge < -0.3 is 14.7 Å². The monoisotopic (exact) mass is 368 g/mol. The number of aromatic nitrogens is 3. The molecule has 1 fully saturated rings. The van der Waals surface area contributed by atoms with Crippen LogP contribution in [0.15, 0.2) is 36.8 Å². The standard InChI is InChI=1S/C20H28N6O/c1-3-24(4-2)18-16-17(8-11-21-18)6-7-19(27)25-12-14-26(15-13-25)20-22-9-5-10-23-20/h5,8-11,16H,3-4,6-7,12-15H2,1-2H3. The molecule has 27 heavy (non-hydrogen) atoms. The highest BCUT2D eigenvalue weighted by Crippen LogP contribution is 2.15. The average molecular weight is 368 g/mol. The van der Waals surface area contributed by atoms with E-state index in [0.29, 0.717) is 6.42 Å². The van der Waals surface area contributed by atoms with Crippen molar-refractivity contribution in [3.8, 4) is 0 Å². The Morgan fingerprint density at radius 1 is 1.04 bits per heavy atom. The first-order valence-corrected chi connectivity index (χ1v) is 9.71. The lowest BCUT2D eigenvalue weighted by Gasteiger charge is -2.34. The zero-order valence-corrected chi connectivity index (χ0v) is 16.2. The molecule has 1 amide bonds. The van der Waals surface area contributed by atoms with E-state index in [1.807, 2.05) is 23.2 Å². The number of rotatable bonds is 7. The first-order valence-electron chi connectivity index (χ1n) is 9.71. The van der Waals surface area contributed by atoms with Gasteiger partial charge in [-0.25, -0.2) is 15.0 Å². The molecule has 2 aromatic heterocycles. The van der Waals surface area contributed by atoms with E-state index in [0.717, 1.165) is 63.0 Å². The lowest BCUT2D eigenvalue weighted by Crippen LogP contribution is -2.49. The van der Waals surface area contributed by atoms with Gasteiger partial charge in [0.25, 0.3) is 0 Å². The summed E-state index contributed by atoms with van der Waals surface area (Å²) in [6, 6.07) is 5.92. The summed E-state index contributed by atoms with van der Waals surface area (Å²) in [4.78, 5) is 31.9. The molecule has 0 aliphatic carbocycles. The highest BCUT2D eigenvalue weighted by atomic mass is 16.2. The van der Waals surface area contributed by atoms with E-state index in [4.69, 9.17) is 0 Å². The molecule has 0 saturated carbocycles. The summed E-state index contributed by atoms with van der Waals surface area (Å²) in [5.74, 6) is 1.94. The fourth-order valence-corrected chi connectivity index (χ4v) is 3.36. The van der Waals surface area contributed by atoms with Gasteiger partial charge >= 0.3 is 0 Å². The third-order valence-corrected chi connectivity index (χ3v) is 4.99. The van der Waals surface area contributed by atoms with Gasteiger partial charge in [0.1, 0.15) is 5.82 Å². The van der Waals surface area contributed by atoms with Crippen molar-refractivity contribution >= 4 is 17.7 Å². The Balaban J connectivity index is 1.50. The Labute approximate surface area is 161 Å². The second-order valence-electron chi connectivity index (χ2n) is 6.61. The van der Waals surface area contributed by atoms with Crippen LogP contribution >= 0.6 is 0 Å². The molecular formula is C20H28N6O. The van der Waals surface area contributed by atoms with Gasteiger partial charge in [-0.3, -0.25) is 4.79 Å². The van der Waals surface area contributed by atoms with Gasteiger partial charge in [-0.1, -0.05) is 0 Å². The number of hydrogen-bond donors (Lipinski definition) is 0. The topological polar surface area (TPSA) is 65.5 Å². The predicted molar refractivity (Wildman–Crippen MR) is 107 cm³/mol. The lowest BCUT2D eigenvalue weighted by molar-refractivity contribution is -0.131. The zero-order valence-electron chi connectivity index (χ0n) is 16.2. The maximum Gasteiger partial charge on any atom is 0.225 e. The normalized spacial score (nSPS) is 14.3. The average Bonchev–Trinajstić information content (AvgIpc) is 2.74. The van der Waals surface area contributed by atoms with Crippen LogP contribution in [0.2, 0.25) is 0 Å². The molecule has 0 N–H and O–H groups in total. The molecule has 1 aliphatic heterocycles. The van der Waals surface area contributed by atoms with E-state index in [1.165, 1.54) is 0 Å². The molecule has 0 atom stereocenters. The molecule has 7 heteroatoms. The molecule has 0 unspecified atom stereocenters. The number of piperazine rings is 1. The Kier molecular flexibility index (Phi) is 6.57. The molecule has 2 aromatic rings. The van der Waals surface area contributed by atoms with E-state index >= 15 is 0 Å². The maximum atomic E-state index is 12.6. The maximum absolute atomic E-state index is 12.6. The van der Waals surface area contributed by atoms with Crippen LogP contribution in [0.4, 0.5) is 11.8 Å². The number of hydrogen-bond acceptors (Lipinski definition) is 6. The SMILES string of the molecule is CCN(CC)c1cc(CCC(=O)N2CCN(c3ncccn3)CC2)ccn1. The Morgan fingerprint density at radius 3 is 2.41 bits per heavy atom. The molecular weight excluding hydrogens is 340 g/mol. The summed E-state index contributed by atoms with van der Waals surface area (Å²) in [5.41, 5.74) is 1.16. The molecule has 7 nitrogen and oxygen atoms in total. The van der Waals surface area contributed by atoms with Gasteiger partial charge in [-0.15, -0.1) is 0 Å². The van der Waals surface area contributed by atoms with Crippen molar-refractivity contribution in [3.63, 3.8) is 0 Å². The van der Waals surface area contributed by atoms with E-state index in [1.54, 1.807) is 12.4 Å². The van der Waals surface area contributed by atoms with E-state index < -0.39 is 0 Å². The van der Waals surface area contributed by atoms with Gasteiger partial charge in [-0.05, 0) is 44.0 Å². The van der Waals surface area contributed by atoms with Crippen molar-refractivity contribution < 1.29 is 4.79 Å². The zero-order chi connectivity index (χ0) is 19.1. The molecule has 144 valence electrons. The predicted octanol–water partition coefficient (Wildman–Crippen LogP) is 2.00. The summed E-state index contributed by atoms with van der Waals surface area (Å²) >= 11 is 0. The smallest absolute Gasteiger partial charge is 0.225 e. The van der Waals surface area contributed by atoms with Crippen LogP contribution in [0.3, 0.4) is 0 Å². The highest BCUT2D eigenvalue weighted by Gasteiger charge is 2.22. The number of nitrogens with zero attached hydrogens (tertiary/aromatic N) is 6. The second-order valence-corrected chi connectivity index (χ2v) is 6.61. The fraction of sp³-hybridized carbons (Fsp3) is 0.500. The summed E-state index contributed by atoms with van der Waals surface area (Å²) in [6.07, 6.45) is 6.62. The minimum Gasteiger partial charge on any atom is -0.357 e. The molecule has 0 bridgehead atoms. The number of carbonyl (C=O) groups excluding carboxylic acids is 1. The summed E-state index contributed by atoms with van der Waals surface area (Å²) in [6.45, 7) is 9.11. The van der Waals surface area contributed by atoms with Crippen LogP contribution in [0.5, 0.6) is 0 Å². The third-order valence-electron chi connectivity index (χ3n) is 4.99. The quantitative estimate of drug-likeness (QED) is 0.745. The van der Waals surface area contributed by atoms with Crippen molar-refractivity contribution in [3.05, 3.63) is 42.4 Å². The van der Waals surface area contributed by atoms with Crippen LogP contribution in [-0.4, -0.2) is 65.0 Å². The van der Waals surface area contributed by atoms with Crippen molar-refractivity contribution in [2.75, 3.05) is 49.1 Å². The van der Waals surface area contributed by atoms with Crippen molar-refractivity contribution in [2.45, 2.75) is 26.7 Å². The van der Waals surface area contributed by atoms with Crippen LogP contribution < -0.4 is 9.80 Å². The first kappa shape index (κ1) is 19.1. The molecule has 0 spiro atoms. The molecule has 3 heterocycles. The summed E-state index contributed by atoms with van der Waals surface area (Å²) < 4.78 is 0. The molecule has 0 aromatic carbocycles. The Morgan fingerprint density at radius 2 is 1.74 bits per heavy atom. The lowest BCUT2D eigenvalue weighted by atomic mass is 10.1.